The van der Waals surface area contributed by atoms with Crippen LogP contribution in [0, 0.1) is 0 Å². The van der Waals surface area contributed by atoms with Crippen LogP contribution < -0.4 is 24.4 Å². The van der Waals surface area contributed by atoms with Gasteiger partial charge in [-0.25, -0.2) is 0 Å². The molecule has 7 nitrogen and oxygen atoms in total. The number of anilines is 1. The van der Waals surface area contributed by atoms with Crippen LogP contribution in [0.2, 0.25) is 0 Å². The Morgan fingerprint density at radius 3 is 2.64 bits per heavy atom. The Morgan fingerprint density at radius 2 is 1.79 bits per heavy atom. The van der Waals surface area contributed by atoms with Crippen LogP contribution >= 0.6 is 0 Å². The van der Waals surface area contributed by atoms with E-state index in [1.807, 2.05) is 37.3 Å². The highest BCUT2D eigenvalue weighted by Gasteiger charge is 2.25. The summed E-state index contributed by atoms with van der Waals surface area (Å²) in [7, 11) is 0. The molecular weight excluding hydrogens is 360 g/mol. The second kappa shape index (κ2) is 7.80. The quantitative estimate of drug-likeness (QED) is 0.879. The first-order valence-electron chi connectivity index (χ1n) is 9.33. The number of hydrogen-bond acceptors (Lipinski definition) is 5. The number of nitrogens with zero attached hydrogens (tertiary/aromatic N) is 1. The molecule has 2 aromatic carbocycles. The van der Waals surface area contributed by atoms with Crippen molar-refractivity contribution in [3.8, 4) is 17.2 Å². The van der Waals surface area contributed by atoms with Gasteiger partial charge in [0, 0.05) is 0 Å². The fourth-order valence-corrected chi connectivity index (χ4v) is 3.34. The van der Waals surface area contributed by atoms with Crippen LogP contribution in [0.1, 0.15) is 24.9 Å². The van der Waals surface area contributed by atoms with Crippen LogP contribution in [0.25, 0.3) is 0 Å². The molecule has 2 aliphatic rings. The van der Waals surface area contributed by atoms with E-state index in [2.05, 4.69) is 5.32 Å². The lowest BCUT2D eigenvalue weighted by Crippen LogP contribution is -2.41. The maximum Gasteiger partial charge on any atom is 0.240 e. The molecule has 2 aliphatic heterocycles. The van der Waals surface area contributed by atoms with Gasteiger partial charge in [0.2, 0.25) is 11.8 Å². The maximum absolute atomic E-state index is 12.6. The van der Waals surface area contributed by atoms with Gasteiger partial charge in [0.05, 0.1) is 24.8 Å². The molecule has 2 heterocycles. The molecule has 2 amide bonds. The minimum atomic E-state index is -0.243. The van der Waals surface area contributed by atoms with E-state index in [4.69, 9.17) is 14.2 Å². The molecule has 0 spiro atoms. The van der Waals surface area contributed by atoms with E-state index >= 15 is 0 Å². The summed E-state index contributed by atoms with van der Waals surface area (Å²) in [6, 6.07) is 12.6. The molecule has 1 N–H and O–H groups in total. The largest absolute Gasteiger partial charge is 0.491 e. The fourth-order valence-electron chi connectivity index (χ4n) is 3.34. The van der Waals surface area contributed by atoms with E-state index < -0.39 is 0 Å². The minimum absolute atomic E-state index is 0.0614. The van der Waals surface area contributed by atoms with Crippen LogP contribution in [0.5, 0.6) is 17.2 Å². The molecule has 7 heteroatoms. The molecule has 0 fully saturated rings. The van der Waals surface area contributed by atoms with Gasteiger partial charge in [-0.15, -0.1) is 0 Å². The molecule has 0 aromatic heterocycles. The highest BCUT2D eigenvalue weighted by molar-refractivity contribution is 6.00. The van der Waals surface area contributed by atoms with Crippen molar-refractivity contribution >= 4 is 17.5 Å². The van der Waals surface area contributed by atoms with Crippen molar-refractivity contribution in [3.63, 3.8) is 0 Å². The first-order chi connectivity index (χ1) is 13.6. The van der Waals surface area contributed by atoms with E-state index in [0.717, 1.165) is 5.56 Å². The van der Waals surface area contributed by atoms with E-state index in [1.54, 1.807) is 12.1 Å². The summed E-state index contributed by atoms with van der Waals surface area (Å²) in [5.74, 6) is 1.62. The van der Waals surface area contributed by atoms with E-state index in [0.29, 0.717) is 42.8 Å². The molecule has 146 valence electrons. The fraction of sp³-hybridized carbons (Fsp3) is 0.333. The number of ether oxygens (including phenoxy) is 3. The summed E-state index contributed by atoms with van der Waals surface area (Å²) in [6.45, 7) is 3.18. The van der Waals surface area contributed by atoms with Crippen molar-refractivity contribution in [2.24, 2.45) is 0 Å². The SMILES string of the molecule is C[C@@H](NC(=O)CN1C(=O)CCOc2ccccc21)c1ccc2c(c1)OCCO2. The number of carbonyl (C=O) groups excluding carboxylic acids is 2. The maximum atomic E-state index is 12.6. The summed E-state index contributed by atoms with van der Waals surface area (Å²) in [5, 5.41) is 2.95. The average Bonchev–Trinajstić information content (AvgIpc) is 2.86. The molecule has 4 rings (SSSR count). The Bertz CT molecular complexity index is 898. The Hall–Kier alpha value is -3.22. The number of fused-ring (bicyclic) bond motifs is 2. The molecular formula is C21H22N2O5. The number of benzene rings is 2. The lowest BCUT2D eigenvalue weighted by Gasteiger charge is -2.24. The first-order valence-corrected chi connectivity index (χ1v) is 9.33. The summed E-state index contributed by atoms with van der Waals surface area (Å²) in [6.07, 6.45) is 0.236. The molecule has 0 unspecified atom stereocenters. The van der Waals surface area contributed by atoms with Crippen molar-refractivity contribution in [2.45, 2.75) is 19.4 Å². The Morgan fingerprint density at radius 1 is 1.04 bits per heavy atom. The highest BCUT2D eigenvalue weighted by Crippen LogP contribution is 2.33. The summed E-state index contributed by atoms with van der Waals surface area (Å²) in [4.78, 5) is 26.6. The summed E-state index contributed by atoms with van der Waals surface area (Å²) < 4.78 is 16.7. The Labute approximate surface area is 163 Å². The topological polar surface area (TPSA) is 77.1 Å². The van der Waals surface area contributed by atoms with Crippen molar-refractivity contribution < 1.29 is 23.8 Å². The van der Waals surface area contributed by atoms with Gasteiger partial charge in [0.25, 0.3) is 0 Å². The molecule has 0 saturated carbocycles. The number of para-hydroxylation sites is 2. The number of hydrogen-bond donors (Lipinski definition) is 1. The van der Waals surface area contributed by atoms with Crippen LogP contribution in [-0.4, -0.2) is 38.2 Å². The Kier molecular flexibility index (Phi) is 5.06. The summed E-state index contributed by atoms with van der Waals surface area (Å²) in [5.41, 5.74) is 1.52. The van der Waals surface area contributed by atoms with Crippen LogP contribution in [-0.2, 0) is 9.59 Å². The second-order valence-electron chi connectivity index (χ2n) is 6.74. The number of nitrogens with one attached hydrogen (secondary N) is 1. The third kappa shape index (κ3) is 3.74. The van der Waals surface area contributed by atoms with Crippen LogP contribution in [0.15, 0.2) is 42.5 Å². The van der Waals surface area contributed by atoms with E-state index in [9.17, 15) is 9.59 Å². The van der Waals surface area contributed by atoms with Gasteiger partial charge in [-0.2, -0.15) is 0 Å². The third-order valence-electron chi connectivity index (χ3n) is 4.78. The average molecular weight is 382 g/mol. The lowest BCUT2D eigenvalue weighted by molar-refractivity contribution is -0.124. The van der Waals surface area contributed by atoms with Crippen LogP contribution in [0.4, 0.5) is 5.69 Å². The molecule has 2 aromatic rings. The molecule has 28 heavy (non-hydrogen) atoms. The van der Waals surface area contributed by atoms with Gasteiger partial charge in [-0.3, -0.25) is 14.5 Å². The molecule has 1 atom stereocenters. The van der Waals surface area contributed by atoms with Gasteiger partial charge >= 0.3 is 0 Å². The monoisotopic (exact) mass is 382 g/mol. The zero-order valence-corrected chi connectivity index (χ0v) is 15.6. The van der Waals surface area contributed by atoms with Crippen molar-refractivity contribution in [1.29, 1.82) is 0 Å². The highest BCUT2D eigenvalue weighted by atomic mass is 16.6. The zero-order chi connectivity index (χ0) is 19.5. The second-order valence-corrected chi connectivity index (χ2v) is 6.74. The molecule has 0 saturated heterocycles. The third-order valence-corrected chi connectivity index (χ3v) is 4.78. The number of rotatable bonds is 4. The van der Waals surface area contributed by atoms with Crippen LogP contribution in [0.3, 0.4) is 0 Å². The van der Waals surface area contributed by atoms with Crippen molar-refractivity contribution in [2.75, 3.05) is 31.3 Å². The smallest absolute Gasteiger partial charge is 0.240 e. The molecule has 0 bridgehead atoms. The Balaban J connectivity index is 1.46. The van der Waals surface area contributed by atoms with E-state index in [1.165, 1.54) is 4.90 Å². The zero-order valence-electron chi connectivity index (χ0n) is 15.6. The van der Waals surface area contributed by atoms with E-state index in [-0.39, 0.29) is 30.8 Å². The van der Waals surface area contributed by atoms with Crippen molar-refractivity contribution in [1.82, 2.24) is 5.32 Å². The van der Waals surface area contributed by atoms with Gasteiger partial charge in [-0.1, -0.05) is 18.2 Å². The minimum Gasteiger partial charge on any atom is -0.491 e. The van der Waals surface area contributed by atoms with Crippen molar-refractivity contribution in [3.05, 3.63) is 48.0 Å². The number of carbonyl (C=O) groups is 2. The van der Waals surface area contributed by atoms with Gasteiger partial charge in [0.1, 0.15) is 25.5 Å². The molecule has 0 aliphatic carbocycles. The summed E-state index contributed by atoms with van der Waals surface area (Å²) >= 11 is 0. The van der Waals surface area contributed by atoms with Gasteiger partial charge in [-0.05, 0) is 36.8 Å². The predicted octanol–water partition coefficient (Wildman–Crippen LogP) is 2.45. The normalized spacial score (nSPS) is 16.5. The first kappa shape index (κ1) is 18.2. The standard InChI is InChI=1S/C21H22N2O5/c1-14(15-6-7-18-19(12-15)28-11-10-27-18)22-20(24)13-23-16-4-2-3-5-17(16)26-9-8-21(23)25/h2-7,12,14H,8-11,13H2,1H3,(H,22,24)/t14-/m1/s1. The molecule has 0 radical (unpaired) electrons. The predicted molar refractivity (Wildman–Crippen MR) is 103 cm³/mol. The van der Waals surface area contributed by atoms with Gasteiger partial charge in [0.15, 0.2) is 11.5 Å². The number of amides is 2. The van der Waals surface area contributed by atoms with Gasteiger partial charge < -0.3 is 19.5 Å². The lowest BCUT2D eigenvalue weighted by atomic mass is 10.1.